The minimum absolute atomic E-state index is 0.0111. The van der Waals surface area contributed by atoms with E-state index in [1.807, 2.05) is 18.2 Å². The molecule has 0 aliphatic heterocycles. The zero-order valence-corrected chi connectivity index (χ0v) is 15.2. The van der Waals surface area contributed by atoms with Crippen molar-refractivity contribution in [2.45, 2.75) is 12.8 Å². The highest BCUT2D eigenvalue weighted by Gasteiger charge is 2.10. The monoisotopic (exact) mass is 395 g/mol. The highest BCUT2D eigenvalue weighted by atomic mass is 79.9. The Labute approximate surface area is 149 Å². The van der Waals surface area contributed by atoms with Gasteiger partial charge in [0.15, 0.2) is 11.5 Å². The molecule has 6 heteroatoms. The van der Waals surface area contributed by atoms with E-state index >= 15 is 0 Å². The summed E-state index contributed by atoms with van der Waals surface area (Å²) >= 11 is 3.12. The van der Waals surface area contributed by atoms with E-state index in [-0.39, 0.29) is 12.3 Å². The number of carbonyl (C=O) groups excluding carboxylic acids is 1. The van der Waals surface area contributed by atoms with Gasteiger partial charge in [-0.15, -0.1) is 0 Å². The first-order chi connectivity index (χ1) is 11.5. The molecule has 128 valence electrons. The van der Waals surface area contributed by atoms with Gasteiger partial charge in [-0.2, -0.15) is 0 Å². The van der Waals surface area contributed by atoms with Crippen molar-refractivity contribution in [1.29, 1.82) is 0 Å². The van der Waals surface area contributed by atoms with Crippen LogP contribution in [-0.4, -0.2) is 26.7 Å². The van der Waals surface area contributed by atoms with Crippen LogP contribution in [0.25, 0.3) is 0 Å². The molecule has 1 N–H and O–H groups in total. The molecule has 2 rings (SSSR count). The zero-order chi connectivity index (χ0) is 17.5. The van der Waals surface area contributed by atoms with E-state index in [1.165, 1.54) is 0 Å². The molecule has 0 unspecified atom stereocenters. The van der Waals surface area contributed by atoms with Crippen LogP contribution >= 0.6 is 15.9 Å². The Bertz CT molecular complexity index is 721. The van der Waals surface area contributed by atoms with E-state index in [0.29, 0.717) is 34.5 Å². The lowest BCUT2D eigenvalue weighted by Crippen LogP contribution is -2.27. The van der Waals surface area contributed by atoms with Crippen LogP contribution in [0.1, 0.15) is 11.1 Å². The molecule has 0 saturated carbocycles. The van der Waals surface area contributed by atoms with Crippen LogP contribution in [0.4, 0.5) is 4.39 Å². The summed E-state index contributed by atoms with van der Waals surface area (Å²) in [6.45, 7) is 0.462. The van der Waals surface area contributed by atoms with E-state index in [1.54, 1.807) is 32.4 Å². The molecular formula is C18H19BrFNO3. The number of rotatable bonds is 7. The fraction of sp³-hybridized carbons (Fsp3) is 0.278. The van der Waals surface area contributed by atoms with Crippen molar-refractivity contribution >= 4 is 21.8 Å². The van der Waals surface area contributed by atoms with E-state index in [9.17, 15) is 9.18 Å². The molecule has 0 saturated heterocycles. The molecule has 24 heavy (non-hydrogen) atoms. The molecule has 0 aromatic heterocycles. The van der Waals surface area contributed by atoms with Crippen LogP contribution < -0.4 is 14.8 Å². The third kappa shape index (κ3) is 4.71. The summed E-state index contributed by atoms with van der Waals surface area (Å²) in [5.41, 5.74) is 1.38. The first kappa shape index (κ1) is 18.3. The SMILES string of the molecule is COc1ccc(CCNC(=O)Cc2cccc(Br)c2F)cc1OC. The quantitative estimate of drug-likeness (QED) is 0.780. The van der Waals surface area contributed by atoms with Gasteiger partial charge in [0.25, 0.3) is 0 Å². The lowest BCUT2D eigenvalue weighted by Gasteiger charge is -2.10. The fourth-order valence-corrected chi connectivity index (χ4v) is 2.71. The Balaban J connectivity index is 1.87. The molecule has 0 bridgehead atoms. The van der Waals surface area contributed by atoms with Crippen LogP contribution in [0.15, 0.2) is 40.9 Å². The number of benzene rings is 2. The average molecular weight is 396 g/mol. The zero-order valence-electron chi connectivity index (χ0n) is 13.6. The molecule has 1 amide bonds. The second-order valence-corrected chi connectivity index (χ2v) is 6.03. The van der Waals surface area contributed by atoms with Crippen molar-refractivity contribution in [3.05, 3.63) is 57.8 Å². The van der Waals surface area contributed by atoms with Gasteiger partial charge in [0, 0.05) is 6.54 Å². The van der Waals surface area contributed by atoms with Crippen LogP contribution in [0, 0.1) is 5.82 Å². The predicted molar refractivity (Wildman–Crippen MR) is 94.1 cm³/mol. The van der Waals surface area contributed by atoms with Gasteiger partial charge in [-0.3, -0.25) is 4.79 Å². The Morgan fingerprint density at radius 2 is 1.92 bits per heavy atom. The third-order valence-electron chi connectivity index (χ3n) is 3.57. The molecule has 0 atom stereocenters. The standard InChI is InChI=1S/C18H19BrFNO3/c1-23-15-7-6-12(10-16(15)24-2)8-9-21-17(22)11-13-4-3-5-14(19)18(13)20/h3-7,10H,8-9,11H2,1-2H3,(H,21,22). The Morgan fingerprint density at radius 1 is 1.17 bits per heavy atom. The summed E-state index contributed by atoms with van der Waals surface area (Å²) in [5.74, 6) is 0.702. The van der Waals surface area contributed by atoms with Gasteiger partial charge in [-0.1, -0.05) is 18.2 Å². The average Bonchev–Trinajstić information content (AvgIpc) is 2.58. The summed E-state index contributed by atoms with van der Waals surface area (Å²) < 4.78 is 24.6. The minimum Gasteiger partial charge on any atom is -0.493 e. The van der Waals surface area contributed by atoms with E-state index < -0.39 is 5.82 Å². The predicted octanol–water partition coefficient (Wildman–Crippen LogP) is 3.51. The second kappa shape index (κ2) is 8.68. The van der Waals surface area contributed by atoms with Crippen LogP contribution in [-0.2, 0) is 17.6 Å². The second-order valence-electron chi connectivity index (χ2n) is 5.18. The molecule has 0 spiro atoms. The number of hydrogen-bond acceptors (Lipinski definition) is 3. The fourth-order valence-electron chi connectivity index (χ4n) is 2.30. The lowest BCUT2D eigenvalue weighted by molar-refractivity contribution is -0.120. The molecule has 0 radical (unpaired) electrons. The summed E-state index contributed by atoms with van der Waals surface area (Å²) in [6.07, 6.45) is 0.657. The topological polar surface area (TPSA) is 47.6 Å². The van der Waals surface area contributed by atoms with E-state index in [0.717, 1.165) is 5.56 Å². The van der Waals surface area contributed by atoms with Gasteiger partial charge in [0.1, 0.15) is 5.82 Å². The smallest absolute Gasteiger partial charge is 0.224 e. The van der Waals surface area contributed by atoms with Crippen molar-refractivity contribution in [1.82, 2.24) is 5.32 Å². The summed E-state index contributed by atoms with van der Waals surface area (Å²) in [5, 5.41) is 2.80. The maximum Gasteiger partial charge on any atom is 0.224 e. The molecule has 0 fully saturated rings. The first-order valence-electron chi connectivity index (χ1n) is 7.45. The Kier molecular flexibility index (Phi) is 6.61. The van der Waals surface area contributed by atoms with Gasteiger partial charge in [0.2, 0.25) is 5.91 Å². The van der Waals surface area contributed by atoms with Crippen molar-refractivity contribution in [2.24, 2.45) is 0 Å². The van der Waals surface area contributed by atoms with Crippen LogP contribution in [0.2, 0.25) is 0 Å². The van der Waals surface area contributed by atoms with Gasteiger partial charge < -0.3 is 14.8 Å². The molecular weight excluding hydrogens is 377 g/mol. The van der Waals surface area contributed by atoms with Gasteiger partial charge in [-0.05, 0) is 51.7 Å². The van der Waals surface area contributed by atoms with Crippen molar-refractivity contribution < 1.29 is 18.7 Å². The Morgan fingerprint density at radius 3 is 2.62 bits per heavy atom. The third-order valence-corrected chi connectivity index (χ3v) is 4.18. The molecule has 0 aliphatic carbocycles. The summed E-state index contributed by atoms with van der Waals surface area (Å²) in [6, 6.07) is 10.5. The molecule has 2 aromatic rings. The largest absolute Gasteiger partial charge is 0.493 e. The molecule has 4 nitrogen and oxygen atoms in total. The highest BCUT2D eigenvalue weighted by Crippen LogP contribution is 2.27. The molecule has 2 aromatic carbocycles. The normalized spacial score (nSPS) is 10.3. The number of amides is 1. The van der Waals surface area contributed by atoms with Gasteiger partial charge in [0.05, 0.1) is 25.1 Å². The van der Waals surface area contributed by atoms with E-state index in [2.05, 4.69) is 21.2 Å². The summed E-state index contributed by atoms with van der Waals surface area (Å²) in [7, 11) is 3.16. The molecule has 0 heterocycles. The lowest BCUT2D eigenvalue weighted by atomic mass is 10.1. The number of halogens is 2. The number of nitrogens with one attached hydrogen (secondary N) is 1. The first-order valence-corrected chi connectivity index (χ1v) is 8.25. The number of methoxy groups -OCH3 is 2. The number of ether oxygens (including phenoxy) is 2. The van der Waals surface area contributed by atoms with Gasteiger partial charge >= 0.3 is 0 Å². The van der Waals surface area contributed by atoms with Crippen molar-refractivity contribution in [2.75, 3.05) is 20.8 Å². The maximum absolute atomic E-state index is 13.9. The highest BCUT2D eigenvalue weighted by molar-refractivity contribution is 9.10. The minimum atomic E-state index is -0.396. The van der Waals surface area contributed by atoms with Crippen molar-refractivity contribution in [3.63, 3.8) is 0 Å². The van der Waals surface area contributed by atoms with Crippen molar-refractivity contribution in [3.8, 4) is 11.5 Å². The molecule has 0 aliphatic rings. The number of hydrogen-bond donors (Lipinski definition) is 1. The van der Waals surface area contributed by atoms with Crippen LogP contribution in [0.3, 0.4) is 0 Å². The Hall–Kier alpha value is -2.08. The van der Waals surface area contributed by atoms with E-state index in [4.69, 9.17) is 9.47 Å². The number of carbonyl (C=O) groups is 1. The van der Waals surface area contributed by atoms with Crippen LogP contribution in [0.5, 0.6) is 11.5 Å². The summed E-state index contributed by atoms with van der Waals surface area (Å²) in [4.78, 5) is 12.0. The maximum atomic E-state index is 13.9. The van der Waals surface area contributed by atoms with Gasteiger partial charge in [-0.25, -0.2) is 4.39 Å².